The van der Waals surface area contributed by atoms with E-state index in [1.165, 1.54) is 0 Å². The summed E-state index contributed by atoms with van der Waals surface area (Å²) in [6.45, 7) is 0. The number of hydrogen-bond donors (Lipinski definition) is 1. The van der Waals surface area contributed by atoms with E-state index in [0.29, 0.717) is 12.1 Å². The molecule has 1 aromatic heterocycles. The second-order valence-electron chi connectivity index (χ2n) is 7.23. The fourth-order valence-corrected chi connectivity index (χ4v) is 3.77. The lowest BCUT2D eigenvalue weighted by Gasteiger charge is -2.14. The number of anilines is 1. The Morgan fingerprint density at radius 3 is 2.45 bits per heavy atom. The van der Waals surface area contributed by atoms with Crippen LogP contribution in [0.1, 0.15) is 35.4 Å². The molecule has 0 bridgehead atoms. The van der Waals surface area contributed by atoms with E-state index in [1.807, 2.05) is 42.5 Å². The summed E-state index contributed by atoms with van der Waals surface area (Å²) in [4.78, 5) is 33.9. The average molecular weight is 434 g/mol. The van der Waals surface area contributed by atoms with Gasteiger partial charge in [-0.2, -0.15) is 0 Å². The molecule has 1 aliphatic rings. The van der Waals surface area contributed by atoms with Crippen LogP contribution in [0.15, 0.2) is 84.3 Å². The molecule has 2 atom stereocenters. The molecule has 0 saturated carbocycles. The van der Waals surface area contributed by atoms with Gasteiger partial charge in [0, 0.05) is 30.1 Å². The van der Waals surface area contributed by atoms with Gasteiger partial charge in [0.2, 0.25) is 11.1 Å². The van der Waals surface area contributed by atoms with Crippen LogP contribution in [0.4, 0.5) is 5.69 Å². The molecule has 0 fully saturated rings. The smallest absolute Gasteiger partial charge is 0.233 e. The summed E-state index contributed by atoms with van der Waals surface area (Å²) >= 11 is 5.85. The van der Waals surface area contributed by atoms with Gasteiger partial charge in [-0.3, -0.25) is 14.6 Å². The summed E-state index contributed by atoms with van der Waals surface area (Å²) in [5, 5.41) is 6.48. The molecule has 1 aliphatic heterocycles. The fourth-order valence-electron chi connectivity index (χ4n) is 3.52. The van der Waals surface area contributed by atoms with Crippen LogP contribution in [0.25, 0.3) is 0 Å². The van der Waals surface area contributed by atoms with E-state index in [4.69, 9.17) is 16.4 Å². The molecule has 2 aromatic carbocycles. The van der Waals surface area contributed by atoms with Crippen molar-refractivity contribution in [1.82, 2.24) is 4.98 Å². The molecule has 7 heteroatoms. The van der Waals surface area contributed by atoms with Crippen LogP contribution in [0.3, 0.4) is 0 Å². The van der Waals surface area contributed by atoms with E-state index >= 15 is 0 Å². The number of hydrogen-bond acceptors (Lipinski definition) is 5. The van der Waals surface area contributed by atoms with Gasteiger partial charge in [0.15, 0.2) is 0 Å². The van der Waals surface area contributed by atoms with E-state index in [0.717, 1.165) is 22.4 Å². The molecule has 156 valence electrons. The minimum absolute atomic E-state index is 0.173. The van der Waals surface area contributed by atoms with Gasteiger partial charge in [0.1, 0.15) is 6.10 Å². The average Bonchev–Trinajstić information content (AvgIpc) is 3.24. The Bertz CT molecular complexity index is 1090. The first-order valence-electron chi connectivity index (χ1n) is 9.87. The van der Waals surface area contributed by atoms with Crippen LogP contribution in [-0.2, 0) is 14.4 Å². The Morgan fingerprint density at radius 2 is 1.77 bits per heavy atom. The van der Waals surface area contributed by atoms with Crippen molar-refractivity contribution in [3.8, 4) is 0 Å². The quantitative estimate of drug-likeness (QED) is 0.556. The molecule has 2 heterocycles. The fraction of sp³-hybridized carbons (Fsp3) is 0.167. The first-order valence-corrected chi connectivity index (χ1v) is 10.2. The molecule has 0 aliphatic carbocycles. The first-order chi connectivity index (χ1) is 15.1. The van der Waals surface area contributed by atoms with Crippen molar-refractivity contribution in [2.45, 2.75) is 24.9 Å². The number of aromatic nitrogens is 1. The molecule has 4 rings (SSSR count). The SMILES string of the molecule is O=C(CC1CC(c2cccnc2)=NO1)Nc1ccc(C(C(=O)Cl)c2ccccc2)cc1. The molecule has 31 heavy (non-hydrogen) atoms. The Labute approximate surface area is 184 Å². The third-order valence-corrected chi connectivity index (χ3v) is 5.25. The number of oxime groups is 1. The van der Waals surface area contributed by atoms with Crippen LogP contribution in [-0.4, -0.2) is 27.9 Å². The molecular formula is C24H20ClN3O3. The minimum atomic E-state index is -0.553. The molecular weight excluding hydrogens is 414 g/mol. The van der Waals surface area contributed by atoms with Crippen LogP contribution in [0.2, 0.25) is 0 Å². The Kier molecular flexibility index (Phi) is 6.38. The largest absolute Gasteiger partial charge is 0.391 e. The summed E-state index contributed by atoms with van der Waals surface area (Å²) < 4.78 is 0. The molecule has 2 unspecified atom stereocenters. The van der Waals surface area contributed by atoms with Crippen molar-refractivity contribution in [2.75, 3.05) is 5.32 Å². The van der Waals surface area contributed by atoms with Gasteiger partial charge < -0.3 is 10.2 Å². The maximum absolute atomic E-state index is 12.4. The van der Waals surface area contributed by atoms with E-state index in [2.05, 4.69) is 15.5 Å². The standard InChI is InChI=1S/C24H20ClN3O3/c25-24(30)23(16-5-2-1-3-6-16)17-8-10-19(11-9-17)27-22(29)14-20-13-21(28-31-20)18-7-4-12-26-15-18/h1-12,15,20,23H,13-14H2,(H,27,29). The summed E-state index contributed by atoms with van der Waals surface area (Å²) in [6.07, 6.45) is 3.84. The number of nitrogens with one attached hydrogen (secondary N) is 1. The van der Waals surface area contributed by atoms with Crippen molar-refractivity contribution in [3.63, 3.8) is 0 Å². The molecule has 3 aromatic rings. The predicted molar refractivity (Wildman–Crippen MR) is 119 cm³/mol. The number of halogens is 1. The van der Waals surface area contributed by atoms with Gasteiger partial charge in [0.25, 0.3) is 0 Å². The minimum Gasteiger partial charge on any atom is -0.391 e. The highest BCUT2D eigenvalue weighted by Crippen LogP contribution is 2.28. The third-order valence-electron chi connectivity index (χ3n) is 5.03. The van der Waals surface area contributed by atoms with Gasteiger partial charge in [0.05, 0.1) is 18.1 Å². The molecule has 6 nitrogen and oxygen atoms in total. The molecule has 1 N–H and O–H groups in total. The lowest BCUT2D eigenvalue weighted by Crippen LogP contribution is -2.20. The zero-order valence-electron chi connectivity index (χ0n) is 16.6. The molecule has 1 amide bonds. The number of rotatable bonds is 7. The number of pyridine rings is 1. The highest BCUT2D eigenvalue weighted by molar-refractivity contribution is 6.65. The zero-order valence-corrected chi connectivity index (χ0v) is 17.3. The maximum atomic E-state index is 12.4. The highest BCUT2D eigenvalue weighted by Gasteiger charge is 2.25. The van der Waals surface area contributed by atoms with Crippen molar-refractivity contribution < 1.29 is 14.4 Å². The van der Waals surface area contributed by atoms with Crippen LogP contribution >= 0.6 is 11.6 Å². The zero-order chi connectivity index (χ0) is 21.6. The highest BCUT2D eigenvalue weighted by atomic mass is 35.5. The molecule has 0 radical (unpaired) electrons. The second kappa shape index (κ2) is 9.53. The van der Waals surface area contributed by atoms with Gasteiger partial charge in [-0.1, -0.05) is 47.6 Å². The van der Waals surface area contributed by atoms with Crippen molar-refractivity contribution in [2.24, 2.45) is 5.16 Å². The lowest BCUT2D eigenvalue weighted by molar-refractivity contribution is -0.118. The number of nitrogens with zero attached hydrogens (tertiary/aromatic N) is 2. The number of benzene rings is 2. The maximum Gasteiger partial charge on any atom is 0.233 e. The monoisotopic (exact) mass is 433 g/mol. The molecule has 0 saturated heterocycles. The third kappa shape index (κ3) is 5.16. The van der Waals surface area contributed by atoms with Gasteiger partial charge >= 0.3 is 0 Å². The van der Waals surface area contributed by atoms with Crippen LogP contribution < -0.4 is 5.32 Å². The predicted octanol–water partition coefficient (Wildman–Crippen LogP) is 4.50. The van der Waals surface area contributed by atoms with Crippen molar-refractivity contribution in [3.05, 3.63) is 95.8 Å². The molecule has 0 spiro atoms. The first kappa shape index (κ1) is 20.8. The Balaban J connectivity index is 1.35. The van der Waals surface area contributed by atoms with Gasteiger partial charge in [-0.25, -0.2) is 0 Å². The second-order valence-corrected chi connectivity index (χ2v) is 7.61. The Hall–Kier alpha value is -3.51. The van der Waals surface area contributed by atoms with Crippen LogP contribution in [0, 0.1) is 0 Å². The van der Waals surface area contributed by atoms with Crippen LogP contribution in [0.5, 0.6) is 0 Å². The number of carbonyl (C=O) groups is 2. The van der Waals surface area contributed by atoms with Crippen molar-refractivity contribution in [1.29, 1.82) is 0 Å². The lowest BCUT2D eigenvalue weighted by atomic mass is 9.92. The Morgan fingerprint density at radius 1 is 1.03 bits per heavy atom. The number of carbonyl (C=O) groups excluding carboxylic acids is 2. The van der Waals surface area contributed by atoms with E-state index < -0.39 is 11.2 Å². The van der Waals surface area contributed by atoms with E-state index in [9.17, 15) is 9.59 Å². The number of amides is 1. The van der Waals surface area contributed by atoms with E-state index in [1.54, 1.807) is 36.7 Å². The van der Waals surface area contributed by atoms with Gasteiger partial charge in [-0.15, -0.1) is 0 Å². The topological polar surface area (TPSA) is 80.7 Å². The summed E-state index contributed by atoms with van der Waals surface area (Å²) in [7, 11) is 0. The summed E-state index contributed by atoms with van der Waals surface area (Å²) in [5.74, 6) is -0.726. The normalized spacial score (nSPS) is 16.2. The van der Waals surface area contributed by atoms with Crippen molar-refractivity contribution >= 4 is 34.1 Å². The van der Waals surface area contributed by atoms with Gasteiger partial charge in [-0.05, 0) is 47.0 Å². The summed E-state index contributed by atoms with van der Waals surface area (Å²) in [5.41, 5.74) is 3.89. The summed E-state index contributed by atoms with van der Waals surface area (Å²) in [6, 6.07) is 20.2. The van der Waals surface area contributed by atoms with E-state index in [-0.39, 0.29) is 18.4 Å².